The van der Waals surface area contributed by atoms with Crippen molar-refractivity contribution < 1.29 is 14.3 Å². The largest absolute Gasteiger partial charge is 0.380 e. The Bertz CT molecular complexity index is 1130. The summed E-state index contributed by atoms with van der Waals surface area (Å²) in [6.45, 7) is 10.9. The fourth-order valence-corrected chi connectivity index (χ4v) is 4.32. The van der Waals surface area contributed by atoms with Crippen LogP contribution in [-0.4, -0.2) is 68.1 Å². The van der Waals surface area contributed by atoms with Crippen molar-refractivity contribution in [2.75, 3.05) is 40.3 Å². The highest BCUT2D eigenvalue weighted by Gasteiger charge is 2.31. The lowest BCUT2D eigenvalue weighted by atomic mass is 9.97. The fourth-order valence-electron chi connectivity index (χ4n) is 4.19. The summed E-state index contributed by atoms with van der Waals surface area (Å²) >= 11 is 5.92. The molecule has 1 aliphatic heterocycles. The second-order valence-corrected chi connectivity index (χ2v) is 9.36. The molecule has 2 amide bonds. The summed E-state index contributed by atoms with van der Waals surface area (Å²) in [5.74, 6) is 0.320. The van der Waals surface area contributed by atoms with Crippen LogP contribution in [0.4, 0.5) is 0 Å². The van der Waals surface area contributed by atoms with Gasteiger partial charge in [0.1, 0.15) is 0 Å². The first-order chi connectivity index (χ1) is 16.2. The maximum atomic E-state index is 12.8. The predicted octanol–water partition coefficient (Wildman–Crippen LogP) is 2.52. The van der Waals surface area contributed by atoms with E-state index in [-0.39, 0.29) is 17.9 Å². The third-order valence-corrected chi connectivity index (χ3v) is 6.48. The van der Waals surface area contributed by atoms with Crippen LogP contribution >= 0.6 is 11.6 Å². The minimum absolute atomic E-state index is 0.0365. The Morgan fingerprint density at radius 2 is 1.94 bits per heavy atom. The van der Waals surface area contributed by atoms with Gasteiger partial charge >= 0.3 is 0 Å². The lowest BCUT2D eigenvalue weighted by molar-refractivity contribution is 0.0468. The van der Waals surface area contributed by atoms with Crippen molar-refractivity contribution in [3.63, 3.8) is 0 Å². The maximum Gasteiger partial charge on any atom is 0.253 e. The van der Waals surface area contributed by atoms with Crippen molar-refractivity contribution in [3.8, 4) is 0 Å². The summed E-state index contributed by atoms with van der Waals surface area (Å²) in [5, 5.41) is 5.44. The Hall–Kier alpha value is -2.83. The number of halogens is 1. The fraction of sp³-hybridized carbons (Fsp3) is 0.407. The van der Waals surface area contributed by atoms with Gasteiger partial charge in [-0.1, -0.05) is 31.2 Å². The topological polar surface area (TPSA) is 61.9 Å². The average molecular weight is 484 g/mol. The van der Waals surface area contributed by atoms with E-state index in [1.54, 1.807) is 31.4 Å². The van der Waals surface area contributed by atoms with E-state index in [0.29, 0.717) is 28.6 Å². The van der Waals surface area contributed by atoms with Crippen LogP contribution in [0.2, 0.25) is 5.02 Å². The summed E-state index contributed by atoms with van der Waals surface area (Å²) in [6, 6.07) is 10.7. The van der Waals surface area contributed by atoms with Crippen LogP contribution in [-0.2, 0) is 11.2 Å². The van der Waals surface area contributed by atoms with Gasteiger partial charge in [0.25, 0.3) is 11.8 Å². The second-order valence-electron chi connectivity index (χ2n) is 8.93. The van der Waals surface area contributed by atoms with Crippen molar-refractivity contribution in [2.45, 2.75) is 26.4 Å². The molecule has 0 aromatic heterocycles. The van der Waals surface area contributed by atoms with Gasteiger partial charge in [0.05, 0.1) is 6.10 Å². The van der Waals surface area contributed by atoms with E-state index in [9.17, 15) is 9.59 Å². The molecule has 0 radical (unpaired) electrons. The SMILES string of the molecule is C=c1ccc(C(=O)NCC(C)OC)c(CC)/c1=C/N(C)CC1CN(C(=O)c2ccc(Cl)cc2)C1. The molecule has 1 saturated heterocycles. The van der Waals surface area contributed by atoms with Gasteiger partial charge in [-0.15, -0.1) is 0 Å². The van der Waals surface area contributed by atoms with Crippen LogP contribution in [0.3, 0.4) is 0 Å². The van der Waals surface area contributed by atoms with E-state index in [4.69, 9.17) is 16.3 Å². The molecule has 0 bridgehead atoms. The Morgan fingerprint density at radius 3 is 2.56 bits per heavy atom. The number of nitrogens with one attached hydrogen (secondary N) is 1. The van der Waals surface area contributed by atoms with Gasteiger partial charge in [-0.05, 0) is 54.5 Å². The number of nitrogens with zero attached hydrogens (tertiary/aromatic N) is 2. The molecule has 0 aliphatic carbocycles. The number of likely N-dealkylation sites (tertiary alicyclic amines) is 1. The van der Waals surface area contributed by atoms with Gasteiger partial charge in [0, 0.05) is 73.8 Å². The van der Waals surface area contributed by atoms with Gasteiger partial charge < -0.3 is 19.9 Å². The Kier molecular flexibility index (Phi) is 8.75. The molecule has 6 nitrogen and oxygen atoms in total. The summed E-state index contributed by atoms with van der Waals surface area (Å²) < 4.78 is 5.23. The van der Waals surface area contributed by atoms with Crippen LogP contribution < -0.4 is 15.8 Å². The molecule has 3 rings (SSSR count). The monoisotopic (exact) mass is 483 g/mol. The van der Waals surface area contributed by atoms with Crippen LogP contribution in [0.25, 0.3) is 12.8 Å². The number of rotatable bonds is 9. The van der Waals surface area contributed by atoms with E-state index in [1.807, 2.05) is 37.9 Å². The number of hydrogen-bond donors (Lipinski definition) is 1. The van der Waals surface area contributed by atoms with E-state index in [2.05, 4.69) is 23.0 Å². The van der Waals surface area contributed by atoms with Crippen LogP contribution in [0.15, 0.2) is 36.4 Å². The van der Waals surface area contributed by atoms with Crippen molar-refractivity contribution in [1.82, 2.24) is 15.1 Å². The number of hydrogen-bond acceptors (Lipinski definition) is 4. The van der Waals surface area contributed by atoms with E-state index in [0.717, 1.165) is 42.1 Å². The molecular weight excluding hydrogens is 450 g/mol. The quantitative estimate of drug-likeness (QED) is 0.595. The Morgan fingerprint density at radius 1 is 1.26 bits per heavy atom. The second kappa shape index (κ2) is 11.5. The Labute approximate surface area is 206 Å². The molecule has 1 atom stereocenters. The highest BCUT2D eigenvalue weighted by molar-refractivity contribution is 6.30. The number of benzene rings is 2. The lowest BCUT2D eigenvalue weighted by Crippen LogP contribution is -2.53. The summed E-state index contributed by atoms with van der Waals surface area (Å²) in [6.07, 6.45) is 2.74. The van der Waals surface area contributed by atoms with Crippen LogP contribution in [0.1, 0.15) is 40.1 Å². The molecule has 7 heteroatoms. The summed E-state index contributed by atoms with van der Waals surface area (Å²) in [7, 11) is 3.65. The molecule has 1 N–H and O–H groups in total. The molecule has 34 heavy (non-hydrogen) atoms. The van der Waals surface area contributed by atoms with Crippen molar-refractivity contribution >= 4 is 36.2 Å². The molecule has 1 unspecified atom stereocenters. The Balaban J connectivity index is 1.67. The zero-order valence-electron chi connectivity index (χ0n) is 20.4. The molecule has 1 aliphatic rings. The normalized spacial score (nSPS) is 15.1. The maximum absolute atomic E-state index is 12.8. The molecule has 0 spiro atoms. The van der Waals surface area contributed by atoms with Gasteiger partial charge in [-0.2, -0.15) is 0 Å². The summed E-state index contributed by atoms with van der Waals surface area (Å²) in [5.41, 5.74) is 2.31. The smallest absolute Gasteiger partial charge is 0.253 e. The minimum Gasteiger partial charge on any atom is -0.380 e. The van der Waals surface area contributed by atoms with Gasteiger partial charge in [-0.3, -0.25) is 9.59 Å². The van der Waals surface area contributed by atoms with Crippen LogP contribution in [0, 0.1) is 5.92 Å². The number of carbonyl (C=O) groups excluding carboxylic acids is 2. The third kappa shape index (κ3) is 6.19. The van der Waals surface area contributed by atoms with Crippen molar-refractivity contribution in [2.24, 2.45) is 5.92 Å². The van der Waals surface area contributed by atoms with E-state index >= 15 is 0 Å². The first kappa shape index (κ1) is 25.8. The average Bonchev–Trinajstić information content (AvgIpc) is 2.80. The molecule has 182 valence electrons. The van der Waals surface area contributed by atoms with Gasteiger partial charge in [-0.25, -0.2) is 0 Å². The van der Waals surface area contributed by atoms with E-state index in [1.165, 1.54) is 0 Å². The number of carbonyl (C=O) groups is 2. The van der Waals surface area contributed by atoms with Crippen LogP contribution in [0.5, 0.6) is 0 Å². The van der Waals surface area contributed by atoms with Gasteiger partial charge in [0.15, 0.2) is 0 Å². The van der Waals surface area contributed by atoms with Crippen molar-refractivity contribution in [1.29, 1.82) is 0 Å². The number of ether oxygens (including phenoxy) is 1. The number of amides is 2. The van der Waals surface area contributed by atoms with Gasteiger partial charge in [0.2, 0.25) is 0 Å². The molecule has 2 aromatic carbocycles. The zero-order chi connectivity index (χ0) is 24.8. The molecule has 2 aromatic rings. The molecule has 0 saturated carbocycles. The minimum atomic E-state index is -0.103. The first-order valence-electron chi connectivity index (χ1n) is 11.6. The van der Waals surface area contributed by atoms with Crippen molar-refractivity contribution in [3.05, 3.63) is 68.5 Å². The molecular formula is C27H34ClN3O3. The summed E-state index contributed by atoms with van der Waals surface area (Å²) in [4.78, 5) is 29.4. The van der Waals surface area contributed by atoms with E-state index < -0.39 is 0 Å². The standard InChI is InChI=1S/C27H34ClN3O3/c1-6-23-24(26(32)29-13-19(3)34-5)12-7-18(2)25(23)17-30(4)14-20-15-31(16-20)27(33)21-8-10-22(28)11-9-21/h7-12,17,19-20H,2,6,13-16H2,1,3-5H3,(H,29,32)/b25-17+. The highest BCUT2D eigenvalue weighted by atomic mass is 35.5. The lowest BCUT2D eigenvalue weighted by Gasteiger charge is -2.41. The predicted molar refractivity (Wildman–Crippen MR) is 137 cm³/mol. The first-order valence-corrected chi connectivity index (χ1v) is 12.0. The molecule has 1 heterocycles. The molecule has 1 fully saturated rings. The zero-order valence-corrected chi connectivity index (χ0v) is 21.2. The number of methoxy groups -OCH3 is 1. The highest BCUT2D eigenvalue weighted by Crippen LogP contribution is 2.20. The third-order valence-electron chi connectivity index (χ3n) is 6.23.